The Hall–Kier alpha value is -2.27. The van der Waals surface area contributed by atoms with Crippen molar-refractivity contribution in [2.24, 2.45) is 0 Å². The molecule has 1 aromatic carbocycles. The SMILES string of the molecule is Cc1ccc2ncnc(-c3ccc(C(=O)O)s3)c2c1. The standard InChI is InChI=1S/C14H10N2O2S/c1-8-2-3-10-9(6-8)13(16-7-15-10)11-4-5-12(19-11)14(17)18/h2-7H,1H3,(H,17,18). The second-order valence-electron chi connectivity index (χ2n) is 4.21. The fourth-order valence-electron chi connectivity index (χ4n) is 1.95. The molecule has 0 saturated carbocycles. The number of aryl methyl sites for hydroxylation is 1. The highest BCUT2D eigenvalue weighted by molar-refractivity contribution is 7.17. The molecule has 3 aromatic rings. The van der Waals surface area contributed by atoms with E-state index in [0.29, 0.717) is 4.88 Å². The smallest absolute Gasteiger partial charge is 0.345 e. The first-order chi connectivity index (χ1) is 9.15. The number of aromatic nitrogens is 2. The topological polar surface area (TPSA) is 63.1 Å². The van der Waals surface area contributed by atoms with Gasteiger partial charge in [0, 0.05) is 5.39 Å². The summed E-state index contributed by atoms with van der Waals surface area (Å²) in [6.45, 7) is 2.01. The maximum absolute atomic E-state index is 10.9. The molecule has 3 rings (SSSR count). The van der Waals surface area contributed by atoms with Crippen molar-refractivity contribution in [1.82, 2.24) is 9.97 Å². The molecule has 0 atom stereocenters. The average molecular weight is 270 g/mol. The van der Waals surface area contributed by atoms with E-state index in [4.69, 9.17) is 5.11 Å². The van der Waals surface area contributed by atoms with Gasteiger partial charge in [0.15, 0.2) is 0 Å². The van der Waals surface area contributed by atoms with Crippen LogP contribution in [0.3, 0.4) is 0 Å². The summed E-state index contributed by atoms with van der Waals surface area (Å²) in [5.41, 5.74) is 2.77. The molecule has 0 spiro atoms. The molecule has 0 aliphatic heterocycles. The Kier molecular flexibility index (Phi) is 2.76. The number of carboxylic acid groups (broad SMARTS) is 1. The Bertz CT molecular complexity index is 780. The summed E-state index contributed by atoms with van der Waals surface area (Å²) in [5, 5.41) is 9.93. The van der Waals surface area contributed by atoms with Crippen molar-refractivity contribution in [2.45, 2.75) is 6.92 Å². The van der Waals surface area contributed by atoms with Gasteiger partial charge in [0.05, 0.1) is 16.1 Å². The van der Waals surface area contributed by atoms with Gasteiger partial charge >= 0.3 is 5.97 Å². The predicted octanol–water partition coefficient (Wildman–Crippen LogP) is 3.36. The van der Waals surface area contributed by atoms with E-state index in [1.165, 1.54) is 17.7 Å². The van der Waals surface area contributed by atoms with Gasteiger partial charge in [-0.1, -0.05) is 11.6 Å². The van der Waals surface area contributed by atoms with E-state index in [1.54, 1.807) is 12.1 Å². The maximum atomic E-state index is 10.9. The van der Waals surface area contributed by atoms with Crippen LogP contribution in [-0.4, -0.2) is 21.0 Å². The fourth-order valence-corrected chi connectivity index (χ4v) is 2.80. The second-order valence-corrected chi connectivity index (χ2v) is 5.30. The highest BCUT2D eigenvalue weighted by atomic mass is 32.1. The number of benzene rings is 1. The number of nitrogens with zero attached hydrogens (tertiary/aromatic N) is 2. The zero-order valence-electron chi connectivity index (χ0n) is 10.1. The minimum atomic E-state index is -0.911. The van der Waals surface area contributed by atoms with E-state index < -0.39 is 5.97 Å². The van der Waals surface area contributed by atoms with E-state index >= 15 is 0 Å². The van der Waals surface area contributed by atoms with Gasteiger partial charge < -0.3 is 5.11 Å². The van der Waals surface area contributed by atoms with Crippen molar-refractivity contribution >= 4 is 28.2 Å². The summed E-state index contributed by atoms with van der Waals surface area (Å²) in [6, 6.07) is 9.35. The van der Waals surface area contributed by atoms with E-state index in [2.05, 4.69) is 9.97 Å². The molecule has 0 bridgehead atoms. The van der Waals surface area contributed by atoms with Gasteiger partial charge in [0.1, 0.15) is 11.2 Å². The van der Waals surface area contributed by atoms with Gasteiger partial charge in [-0.3, -0.25) is 0 Å². The van der Waals surface area contributed by atoms with Gasteiger partial charge in [0.2, 0.25) is 0 Å². The normalized spacial score (nSPS) is 10.8. The number of aromatic carboxylic acids is 1. The number of carbonyl (C=O) groups is 1. The number of thiophene rings is 1. The second kappa shape index (κ2) is 4.44. The molecule has 19 heavy (non-hydrogen) atoms. The van der Waals surface area contributed by atoms with Crippen molar-refractivity contribution in [3.63, 3.8) is 0 Å². The minimum Gasteiger partial charge on any atom is -0.477 e. The Labute approximate surface area is 113 Å². The van der Waals surface area contributed by atoms with Crippen LogP contribution >= 0.6 is 11.3 Å². The molecule has 94 valence electrons. The molecule has 4 nitrogen and oxygen atoms in total. The zero-order chi connectivity index (χ0) is 13.4. The summed E-state index contributed by atoms with van der Waals surface area (Å²) in [4.78, 5) is 20.6. The largest absolute Gasteiger partial charge is 0.477 e. The Morgan fingerprint density at radius 3 is 2.79 bits per heavy atom. The number of rotatable bonds is 2. The van der Waals surface area contributed by atoms with Gasteiger partial charge in [-0.2, -0.15) is 0 Å². The highest BCUT2D eigenvalue weighted by Gasteiger charge is 2.12. The van der Waals surface area contributed by atoms with Crippen LogP contribution in [0.15, 0.2) is 36.7 Å². The van der Waals surface area contributed by atoms with Crippen molar-refractivity contribution in [2.75, 3.05) is 0 Å². The van der Waals surface area contributed by atoms with Crippen LogP contribution < -0.4 is 0 Å². The Morgan fingerprint density at radius 2 is 2.05 bits per heavy atom. The Balaban J connectivity index is 2.23. The first-order valence-corrected chi connectivity index (χ1v) is 6.51. The molecular weight excluding hydrogens is 260 g/mol. The highest BCUT2D eigenvalue weighted by Crippen LogP contribution is 2.31. The molecule has 0 aliphatic carbocycles. The fraction of sp³-hybridized carbons (Fsp3) is 0.0714. The van der Waals surface area contributed by atoms with Crippen LogP contribution in [0.5, 0.6) is 0 Å². The lowest BCUT2D eigenvalue weighted by atomic mass is 10.1. The van der Waals surface area contributed by atoms with Crippen LogP contribution in [0.4, 0.5) is 0 Å². The molecule has 1 N–H and O–H groups in total. The molecular formula is C14H10N2O2S. The van der Waals surface area contributed by atoms with Gasteiger partial charge in [-0.05, 0) is 31.2 Å². The molecule has 0 fully saturated rings. The molecule has 2 aromatic heterocycles. The van der Waals surface area contributed by atoms with Crippen molar-refractivity contribution < 1.29 is 9.90 Å². The summed E-state index contributed by atoms with van der Waals surface area (Å²) >= 11 is 1.22. The third-order valence-electron chi connectivity index (χ3n) is 2.84. The minimum absolute atomic E-state index is 0.314. The molecule has 0 saturated heterocycles. The van der Waals surface area contributed by atoms with Crippen molar-refractivity contribution in [3.8, 4) is 10.6 Å². The third-order valence-corrected chi connectivity index (χ3v) is 3.92. The van der Waals surface area contributed by atoms with Crippen LogP contribution in [-0.2, 0) is 0 Å². The van der Waals surface area contributed by atoms with E-state index in [9.17, 15) is 4.79 Å². The van der Waals surface area contributed by atoms with Crippen molar-refractivity contribution in [1.29, 1.82) is 0 Å². The molecule has 5 heteroatoms. The lowest BCUT2D eigenvalue weighted by Crippen LogP contribution is -1.90. The molecule has 0 aliphatic rings. The molecule has 0 radical (unpaired) electrons. The zero-order valence-corrected chi connectivity index (χ0v) is 10.9. The first-order valence-electron chi connectivity index (χ1n) is 5.70. The summed E-state index contributed by atoms with van der Waals surface area (Å²) in [7, 11) is 0. The van der Waals surface area contributed by atoms with Crippen LogP contribution in [0.1, 0.15) is 15.2 Å². The average Bonchev–Trinajstić information content (AvgIpc) is 2.87. The summed E-state index contributed by atoms with van der Waals surface area (Å²) in [6.07, 6.45) is 1.51. The van der Waals surface area contributed by atoms with E-state index in [0.717, 1.165) is 27.0 Å². The molecule has 0 unspecified atom stereocenters. The quantitative estimate of drug-likeness (QED) is 0.775. The van der Waals surface area contributed by atoms with Gasteiger partial charge in [-0.25, -0.2) is 14.8 Å². The lowest BCUT2D eigenvalue weighted by Gasteiger charge is -2.03. The van der Waals surface area contributed by atoms with Gasteiger partial charge in [-0.15, -0.1) is 11.3 Å². The maximum Gasteiger partial charge on any atom is 0.345 e. The summed E-state index contributed by atoms with van der Waals surface area (Å²) < 4.78 is 0. The molecule has 0 amide bonds. The number of hydrogen-bond acceptors (Lipinski definition) is 4. The molecule has 2 heterocycles. The number of fused-ring (bicyclic) bond motifs is 1. The predicted molar refractivity (Wildman–Crippen MR) is 74.5 cm³/mol. The number of carboxylic acids is 1. The van der Waals surface area contributed by atoms with Gasteiger partial charge in [0.25, 0.3) is 0 Å². The number of hydrogen-bond donors (Lipinski definition) is 1. The lowest BCUT2D eigenvalue weighted by molar-refractivity contribution is 0.0702. The monoisotopic (exact) mass is 270 g/mol. The third kappa shape index (κ3) is 2.08. The van der Waals surface area contributed by atoms with Crippen molar-refractivity contribution in [3.05, 3.63) is 47.1 Å². The van der Waals surface area contributed by atoms with E-state index in [-0.39, 0.29) is 0 Å². The summed E-state index contributed by atoms with van der Waals surface area (Å²) in [5.74, 6) is -0.911. The van der Waals surface area contributed by atoms with Crippen LogP contribution in [0.25, 0.3) is 21.5 Å². The first kappa shape index (κ1) is 11.8. The van der Waals surface area contributed by atoms with Crippen LogP contribution in [0.2, 0.25) is 0 Å². The van der Waals surface area contributed by atoms with E-state index in [1.807, 2.05) is 25.1 Å². The Morgan fingerprint density at radius 1 is 1.21 bits per heavy atom. The van der Waals surface area contributed by atoms with Crippen LogP contribution in [0, 0.1) is 6.92 Å².